The molecule has 0 unspecified atom stereocenters. The summed E-state index contributed by atoms with van der Waals surface area (Å²) in [6.07, 6.45) is 6.28. The van der Waals surface area contributed by atoms with Gasteiger partial charge in [0.05, 0.1) is 5.56 Å². The molecule has 1 aliphatic rings. The van der Waals surface area contributed by atoms with Crippen molar-refractivity contribution >= 4 is 0 Å². The van der Waals surface area contributed by atoms with Crippen LogP contribution < -0.4 is 0 Å². The average Bonchev–Trinajstić information content (AvgIpc) is 2.68. The van der Waals surface area contributed by atoms with Crippen molar-refractivity contribution in [1.29, 1.82) is 0 Å². The predicted molar refractivity (Wildman–Crippen MR) is 106 cm³/mol. The summed E-state index contributed by atoms with van der Waals surface area (Å²) in [5.74, 6) is 1.81. The van der Waals surface area contributed by atoms with Crippen molar-refractivity contribution in [3.63, 3.8) is 0 Å². The molecular weight excluding hydrogens is 345 g/mol. The molecule has 146 valence electrons. The Hall–Kier alpha value is -1.77. The number of aryl methyl sites for hydroxylation is 1. The number of alkyl halides is 3. The maximum absolute atomic E-state index is 12.7. The van der Waals surface area contributed by atoms with E-state index in [2.05, 4.69) is 19.1 Å². The van der Waals surface area contributed by atoms with Gasteiger partial charge in [-0.05, 0) is 53.5 Å². The average molecular weight is 374 g/mol. The van der Waals surface area contributed by atoms with Crippen LogP contribution in [0.25, 0.3) is 11.1 Å². The highest BCUT2D eigenvalue weighted by Crippen LogP contribution is 2.34. The molecule has 0 atom stereocenters. The van der Waals surface area contributed by atoms with Crippen molar-refractivity contribution in [3.05, 3.63) is 59.7 Å². The Morgan fingerprint density at radius 1 is 0.741 bits per heavy atom. The highest BCUT2D eigenvalue weighted by atomic mass is 19.4. The standard InChI is InChI=1S/C24H29F3/c1-2-3-18-4-6-19(7-5-18)8-9-20-10-12-21(13-11-20)22-14-16-23(17-15-22)24(25,26)27/h10-19H,2-9H2,1H3. The summed E-state index contributed by atoms with van der Waals surface area (Å²) >= 11 is 0. The molecule has 0 spiro atoms. The molecule has 0 radical (unpaired) electrons. The number of halogens is 3. The van der Waals surface area contributed by atoms with Gasteiger partial charge < -0.3 is 0 Å². The molecule has 3 rings (SSSR count). The van der Waals surface area contributed by atoms with Crippen molar-refractivity contribution in [2.24, 2.45) is 11.8 Å². The molecule has 0 aromatic heterocycles. The van der Waals surface area contributed by atoms with Gasteiger partial charge in [0, 0.05) is 0 Å². The second kappa shape index (κ2) is 8.95. The fourth-order valence-electron chi connectivity index (χ4n) is 4.30. The van der Waals surface area contributed by atoms with E-state index in [0.717, 1.165) is 41.5 Å². The summed E-state index contributed by atoms with van der Waals surface area (Å²) < 4.78 is 38.0. The van der Waals surface area contributed by atoms with Gasteiger partial charge in [-0.3, -0.25) is 0 Å². The molecule has 1 aliphatic carbocycles. The van der Waals surface area contributed by atoms with Crippen LogP contribution in [-0.4, -0.2) is 0 Å². The van der Waals surface area contributed by atoms with Crippen LogP contribution in [-0.2, 0) is 12.6 Å². The van der Waals surface area contributed by atoms with Crippen LogP contribution in [0.1, 0.15) is 63.0 Å². The molecule has 2 aromatic carbocycles. The normalized spacial score (nSPS) is 20.6. The van der Waals surface area contributed by atoms with Gasteiger partial charge in [0.1, 0.15) is 0 Å². The molecule has 27 heavy (non-hydrogen) atoms. The molecule has 0 N–H and O–H groups in total. The summed E-state index contributed by atoms with van der Waals surface area (Å²) in [7, 11) is 0. The van der Waals surface area contributed by atoms with E-state index in [1.807, 2.05) is 12.1 Å². The molecule has 0 heterocycles. The zero-order valence-electron chi connectivity index (χ0n) is 16.1. The van der Waals surface area contributed by atoms with E-state index < -0.39 is 11.7 Å². The minimum Gasteiger partial charge on any atom is -0.166 e. The Bertz CT molecular complexity index is 690. The molecule has 0 saturated heterocycles. The number of hydrogen-bond acceptors (Lipinski definition) is 0. The van der Waals surface area contributed by atoms with Gasteiger partial charge in [0.25, 0.3) is 0 Å². The van der Waals surface area contributed by atoms with Gasteiger partial charge in [0.15, 0.2) is 0 Å². The van der Waals surface area contributed by atoms with Crippen molar-refractivity contribution in [2.45, 2.75) is 64.5 Å². The maximum atomic E-state index is 12.7. The molecule has 1 fully saturated rings. The Labute approximate surface area is 160 Å². The minimum atomic E-state index is -4.28. The van der Waals surface area contributed by atoms with Crippen molar-refractivity contribution in [1.82, 2.24) is 0 Å². The van der Waals surface area contributed by atoms with E-state index in [4.69, 9.17) is 0 Å². The molecule has 0 amide bonds. The smallest absolute Gasteiger partial charge is 0.166 e. The van der Waals surface area contributed by atoms with Gasteiger partial charge in [0.2, 0.25) is 0 Å². The first-order valence-corrected chi connectivity index (χ1v) is 10.2. The molecule has 0 aliphatic heterocycles. The fourth-order valence-corrected chi connectivity index (χ4v) is 4.30. The Kier molecular flexibility index (Phi) is 6.62. The first-order chi connectivity index (χ1) is 13.0. The second-order valence-electron chi connectivity index (χ2n) is 7.99. The summed E-state index contributed by atoms with van der Waals surface area (Å²) in [5, 5.41) is 0. The van der Waals surface area contributed by atoms with Crippen LogP contribution in [0.4, 0.5) is 13.2 Å². The van der Waals surface area contributed by atoms with Crippen molar-refractivity contribution in [3.8, 4) is 11.1 Å². The van der Waals surface area contributed by atoms with Crippen LogP contribution in [0, 0.1) is 11.8 Å². The molecule has 2 aromatic rings. The molecule has 0 nitrogen and oxygen atoms in total. The first-order valence-electron chi connectivity index (χ1n) is 10.2. The van der Waals surface area contributed by atoms with E-state index in [9.17, 15) is 13.2 Å². The fraction of sp³-hybridized carbons (Fsp3) is 0.500. The summed E-state index contributed by atoms with van der Waals surface area (Å²) in [5.41, 5.74) is 2.51. The number of benzene rings is 2. The lowest BCUT2D eigenvalue weighted by Gasteiger charge is -2.28. The lowest BCUT2D eigenvalue weighted by atomic mass is 9.78. The summed E-state index contributed by atoms with van der Waals surface area (Å²) in [4.78, 5) is 0. The van der Waals surface area contributed by atoms with Crippen LogP contribution in [0.3, 0.4) is 0 Å². The highest BCUT2D eigenvalue weighted by Gasteiger charge is 2.29. The number of rotatable bonds is 6. The SMILES string of the molecule is CCCC1CCC(CCc2ccc(-c3ccc(C(F)(F)F)cc3)cc2)CC1. The van der Waals surface area contributed by atoms with Crippen LogP contribution >= 0.6 is 0 Å². The van der Waals surface area contributed by atoms with Crippen LogP contribution in [0.5, 0.6) is 0 Å². The van der Waals surface area contributed by atoms with Crippen molar-refractivity contribution in [2.75, 3.05) is 0 Å². The quantitative estimate of drug-likeness (QED) is 0.482. The topological polar surface area (TPSA) is 0 Å². The zero-order valence-corrected chi connectivity index (χ0v) is 16.1. The van der Waals surface area contributed by atoms with E-state index in [0.29, 0.717) is 0 Å². The van der Waals surface area contributed by atoms with E-state index in [1.165, 1.54) is 50.5 Å². The van der Waals surface area contributed by atoms with E-state index in [1.54, 1.807) is 12.1 Å². The Morgan fingerprint density at radius 3 is 1.70 bits per heavy atom. The van der Waals surface area contributed by atoms with Gasteiger partial charge in [-0.1, -0.05) is 81.8 Å². The van der Waals surface area contributed by atoms with Crippen LogP contribution in [0.2, 0.25) is 0 Å². The molecular formula is C24H29F3. The van der Waals surface area contributed by atoms with Gasteiger partial charge in [-0.2, -0.15) is 13.2 Å². The maximum Gasteiger partial charge on any atom is 0.416 e. The summed E-state index contributed by atoms with van der Waals surface area (Å²) in [6.45, 7) is 2.28. The predicted octanol–water partition coefficient (Wildman–Crippen LogP) is 7.91. The van der Waals surface area contributed by atoms with Crippen molar-refractivity contribution < 1.29 is 13.2 Å². The molecule has 3 heteroatoms. The third-order valence-electron chi connectivity index (χ3n) is 6.00. The van der Waals surface area contributed by atoms with Gasteiger partial charge >= 0.3 is 6.18 Å². The lowest BCUT2D eigenvalue weighted by Crippen LogP contribution is -2.15. The van der Waals surface area contributed by atoms with E-state index >= 15 is 0 Å². The summed E-state index contributed by atoms with van der Waals surface area (Å²) in [6, 6.07) is 13.7. The largest absolute Gasteiger partial charge is 0.416 e. The van der Waals surface area contributed by atoms with E-state index in [-0.39, 0.29) is 0 Å². The zero-order chi connectivity index (χ0) is 19.3. The Balaban J connectivity index is 1.52. The third-order valence-corrected chi connectivity index (χ3v) is 6.00. The molecule has 0 bridgehead atoms. The van der Waals surface area contributed by atoms with Gasteiger partial charge in [-0.15, -0.1) is 0 Å². The van der Waals surface area contributed by atoms with Gasteiger partial charge in [-0.25, -0.2) is 0 Å². The minimum absolute atomic E-state index is 0.600. The highest BCUT2D eigenvalue weighted by molar-refractivity contribution is 5.64. The third kappa shape index (κ3) is 5.60. The monoisotopic (exact) mass is 374 g/mol. The number of hydrogen-bond donors (Lipinski definition) is 0. The van der Waals surface area contributed by atoms with Crippen LogP contribution in [0.15, 0.2) is 48.5 Å². The molecule has 1 saturated carbocycles. The Morgan fingerprint density at radius 2 is 1.22 bits per heavy atom. The lowest BCUT2D eigenvalue weighted by molar-refractivity contribution is -0.137. The second-order valence-corrected chi connectivity index (χ2v) is 7.99. The first kappa shape index (κ1) is 20.0.